The number of nitriles is 1. The molecule has 2 aromatic carbocycles. The van der Waals surface area contributed by atoms with E-state index in [4.69, 9.17) is 4.74 Å². The molecule has 3 aromatic rings. The molecule has 8 heteroatoms. The van der Waals surface area contributed by atoms with E-state index in [0.29, 0.717) is 28.0 Å². The molecule has 0 spiro atoms. The van der Waals surface area contributed by atoms with Gasteiger partial charge >= 0.3 is 6.18 Å². The quantitative estimate of drug-likeness (QED) is 0.302. The third-order valence-corrected chi connectivity index (χ3v) is 6.41. The number of aromatic nitrogens is 1. The number of benzene rings is 2. The first-order valence-corrected chi connectivity index (χ1v) is 12.3. The topological polar surface area (TPSA) is 62.0 Å². The van der Waals surface area contributed by atoms with E-state index in [-0.39, 0.29) is 12.6 Å². The van der Waals surface area contributed by atoms with Gasteiger partial charge in [0.05, 0.1) is 42.0 Å². The van der Waals surface area contributed by atoms with Gasteiger partial charge in [-0.15, -0.1) is 0 Å². The summed E-state index contributed by atoms with van der Waals surface area (Å²) in [6, 6.07) is 15.0. The van der Waals surface area contributed by atoms with Crippen molar-refractivity contribution >= 4 is 22.3 Å². The standard InChI is InChI=1S/C29H33F3N4O/c1-6-21(7-2)35-24-11-8-12-26-23(24)17-22(36(26)19-29(30,31)32)10-9-15-34-25-14-13-20(16-27(25)37-5)28(3,4)18-33/h8,11-14,16-17,21,34-35H,6-7,15,19H2,1-5H3. The van der Waals surface area contributed by atoms with Gasteiger partial charge in [-0.05, 0) is 68.5 Å². The van der Waals surface area contributed by atoms with E-state index in [0.717, 1.165) is 24.1 Å². The van der Waals surface area contributed by atoms with E-state index in [2.05, 4.69) is 42.4 Å². The molecule has 0 atom stereocenters. The Hall–Kier alpha value is -3.78. The van der Waals surface area contributed by atoms with Crippen molar-refractivity contribution in [2.24, 2.45) is 0 Å². The fraction of sp³-hybridized carbons (Fsp3) is 0.414. The van der Waals surface area contributed by atoms with Crippen LogP contribution in [0.2, 0.25) is 0 Å². The number of nitrogens with zero attached hydrogens (tertiary/aromatic N) is 2. The molecule has 0 unspecified atom stereocenters. The lowest BCUT2D eigenvalue weighted by Crippen LogP contribution is -2.19. The fourth-order valence-electron chi connectivity index (χ4n) is 4.14. The van der Waals surface area contributed by atoms with E-state index in [1.165, 1.54) is 11.7 Å². The summed E-state index contributed by atoms with van der Waals surface area (Å²) >= 11 is 0. The molecule has 0 fully saturated rings. The Bertz CT molecular complexity index is 1340. The van der Waals surface area contributed by atoms with Crippen LogP contribution < -0.4 is 15.4 Å². The Morgan fingerprint density at radius 1 is 1.05 bits per heavy atom. The molecule has 0 bridgehead atoms. The number of hydrogen-bond donors (Lipinski definition) is 2. The predicted molar refractivity (Wildman–Crippen MR) is 143 cm³/mol. The first kappa shape index (κ1) is 27.8. The third kappa shape index (κ3) is 6.71. The van der Waals surface area contributed by atoms with Gasteiger partial charge < -0.3 is 19.9 Å². The lowest BCUT2D eigenvalue weighted by molar-refractivity contribution is -0.140. The molecule has 1 heterocycles. The zero-order valence-corrected chi connectivity index (χ0v) is 21.9. The van der Waals surface area contributed by atoms with Crippen LogP contribution in [0.25, 0.3) is 10.9 Å². The number of fused-ring (bicyclic) bond motifs is 1. The number of hydrogen-bond acceptors (Lipinski definition) is 4. The molecule has 0 aliphatic heterocycles. The van der Waals surface area contributed by atoms with E-state index in [1.54, 1.807) is 24.3 Å². The average molecular weight is 511 g/mol. The number of anilines is 2. The van der Waals surface area contributed by atoms with E-state index in [9.17, 15) is 18.4 Å². The maximum absolute atomic E-state index is 13.5. The maximum Gasteiger partial charge on any atom is 0.406 e. The van der Waals surface area contributed by atoms with Crippen LogP contribution in [0.5, 0.6) is 5.75 Å². The molecule has 5 nitrogen and oxygen atoms in total. The Balaban J connectivity index is 1.91. The second-order valence-electron chi connectivity index (χ2n) is 9.43. The Morgan fingerprint density at radius 2 is 1.78 bits per heavy atom. The molecule has 0 radical (unpaired) electrons. The maximum atomic E-state index is 13.5. The monoisotopic (exact) mass is 510 g/mol. The van der Waals surface area contributed by atoms with Gasteiger partial charge in [0.15, 0.2) is 0 Å². The van der Waals surface area contributed by atoms with Crippen LogP contribution in [0.1, 0.15) is 51.8 Å². The van der Waals surface area contributed by atoms with Crippen molar-refractivity contribution in [2.45, 2.75) is 64.7 Å². The molecule has 0 aliphatic carbocycles. The zero-order chi connectivity index (χ0) is 27.2. The molecular formula is C29H33F3N4O. The highest BCUT2D eigenvalue weighted by Crippen LogP contribution is 2.32. The minimum atomic E-state index is -4.38. The molecule has 0 saturated carbocycles. The first-order valence-electron chi connectivity index (χ1n) is 12.3. The summed E-state index contributed by atoms with van der Waals surface area (Å²) in [4.78, 5) is 0. The number of ether oxygens (including phenoxy) is 1. The lowest BCUT2D eigenvalue weighted by Gasteiger charge is -2.18. The summed E-state index contributed by atoms with van der Waals surface area (Å²) in [6.07, 6.45) is -2.56. The normalized spacial score (nSPS) is 11.7. The molecule has 196 valence electrons. The highest BCUT2D eigenvalue weighted by Gasteiger charge is 2.30. The minimum Gasteiger partial charge on any atom is -0.495 e. The zero-order valence-electron chi connectivity index (χ0n) is 21.9. The summed E-state index contributed by atoms with van der Waals surface area (Å²) in [6.45, 7) is 6.88. The summed E-state index contributed by atoms with van der Waals surface area (Å²) in [5.74, 6) is 6.44. The molecule has 2 N–H and O–H groups in total. The molecule has 37 heavy (non-hydrogen) atoms. The molecule has 3 rings (SSSR count). The number of alkyl halides is 3. The van der Waals surface area contributed by atoms with Crippen LogP contribution in [-0.2, 0) is 12.0 Å². The Labute approximate surface area is 216 Å². The minimum absolute atomic E-state index is 0.198. The largest absolute Gasteiger partial charge is 0.495 e. The van der Waals surface area contributed by atoms with Crippen molar-refractivity contribution in [2.75, 3.05) is 24.3 Å². The fourth-order valence-corrected chi connectivity index (χ4v) is 4.14. The first-order chi connectivity index (χ1) is 17.5. The summed E-state index contributed by atoms with van der Waals surface area (Å²) < 4.78 is 47.0. The van der Waals surface area contributed by atoms with Crippen molar-refractivity contribution in [3.05, 3.63) is 53.7 Å². The van der Waals surface area contributed by atoms with Crippen LogP contribution in [0.3, 0.4) is 0 Å². The van der Waals surface area contributed by atoms with E-state index in [1.807, 2.05) is 32.0 Å². The molecular weight excluding hydrogens is 477 g/mol. The van der Waals surface area contributed by atoms with Crippen LogP contribution in [-0.4, -0.2) is 30.4 Å². The lowest BCUT2D eigenvalue weighted by atomic mass is 9.86. The smallest absolute Gasteiger partial charge is 0.406 e. The number of rotatable bonds is 9. The molecule has 0 amide bonds. The highest BCUT2D eigenvalue weighted by atomic mass is 19.4. The third-order valence-electron chi connectivity index (χ3n) is 6.41. The van der Waals surface area contributed by atoms with Crippen molar-refractivity contribution < 1.29 is 17.9 Å². The van der Waals surface area contributed by atoms with Crippen molar-refractivity contribution in [3.8, 4) is 23.7 Å². The van der Waals surface area contributed by atoms with Crippen molar-refractivity contribution in [1.82, 2.24) is 4.57 Å². The van der Waals surface area contributed by atoms with E-state index < -0.39 is 18.1 Å². The summed E-state index contributed by atoms with van der Waals surface area (Å²) in [5, 5.41) is 16.7. The van der Waals surface area contributed by atoms with Crippen LogP contribution >= 0.6 is 0 Å². The summed E-state index contributed by atoms with van der Waals surface area (Å²) in [5.41, 5.74) is 2.42. The van der Waals surface area contributed by atoms with Gasteiger partial charge in [0, 0.05) is 17.1 Å². The number of nitrogens with one attached hydrogen (secondary N) is 2. The van der Waals surface area contributed by atoms with Crippen LogP contribution in [0.15, 0.2) is 42.5 Å². The second-order valence-corrected chi connectivity index (χ2v) is 9.43. The van der Waals surface area contributed by atoms with Gasteiger partial charge in [0.25, 0.3) is 0 Å². The van der Waals surface area contributed by atoms with Gasteiger partial charge in [-0.2, -0.15) is 18.4 Å². The van der Waals surface area contributed by atoms with Crippen LogP contribution in [0, 0.1) is 23.2 Å². The predicted octanol–water partition coefficient (Wildman–Crippen LogP) is 7.08. The molecule has 0 aliphatic rings. The van der Waals surface area contributed by atoms with Gasteiger partial charge in [-0.1, -0.05) is 31.9 Å². The van der Waals surface area contributed by atoms with Gasteiger partial charge in [0.1, 0.15) is 12.3 Å². The van der Waals surface area contributed by atoms with E-state index >= 15 is 0 Å². The van der Waals surface area contributed by atoms with Gasteiger partial charge in [-0.3, -0.25) is 0 Å². The SMILES string of the molecule is CCC(CC)Nc1cccc2c1cc(C#CCNc1ccc(C(C)(C)C#N)cc1OC)n2CC(F)(F)F. The summed E-state index contributed by atoms with van der Waals surface area (Å²) in [7, 11) is 1.54. The molecule has 1 aromatic heterocycles. The average Bonchev–Trinajstić information content (AvgIpc) is 3.21. The van der Waals surface area contributed by atoms with Gasteiger partial charge in [-0.25, -0.2) is 0 Å². The number of methoxy groups -OCH3 is 1. The molecule has 0 saturated heterocycles. The Kier molecular flexibility index (Phi) is 8.65. The van der Waals surface area contributed by atoms with Gasteiger partial charge in [0.2, 0.25) is 0 Å². The highest BCUT2D eigenvalue weighted by molar-refractivity contribution is 5.94. The Morgan fingerprint density at radius 3 is 2.41 bits per heavy atom. The van der Waals surface area contributed by atoms with Crippen LogP contribution in [0.4, 0.5) is 24.5 Å². The number of halogens is 3. The second kappa shape index (κ2) is 11.5. The van der Waals surface area contributed by atoms with Crippen molar-refractivity contribution in [3.63, 3.8) is 0 Å². The van der Waals surface area contributed by atoms with Crippen molar-refractivity contribution in [1.29, 1.82) is 5.26 Å².